The van der Waals surface area contributed by atoms with E-state index in [1.54, 1.807) is 6.20 Å². The molecule has 1 fully saturated rings. The second kappa shape index (κ2) is 9.37. The van der Waals surface area contributed by atoms with E-state index in [4.69, 9.17) is 14.7 Å². The van der Waals surface area contributed by atoms with Gasteiger partial charge in [-0.1, -0.05) is 38.5 Å². The summed E-state index contributed by atoms with van der Waals surface area (Å²) in [5.41, 5.74) is 5.82. The highest BCUT2D eigenvalue weighted by molar-refractivity contribution is 5.91. The van der Waals surface area contributed by atoms with E-state index in [1.807, 2.05) is 38.2 Å². The number of ether oxygens (including phenoxy) is 1. The molecule has 0 atom stereocenters. The summed E-state index contributed by atoms with van der Waals surface area (Å²) in [6, 6.07) is 17.2. The van der Waals surface area contributed by atoms with Crippen LogP contribution in [0, 0.1) is 12.8 Å². The van der Waals surface area contributed by atoms with Crippen molar-refractivity contribution in [2.24, 2.45) is 5.92 Å². The van der Waals surface area contributed by atoms with Crippen LogP contribution in [-0.2, 0) is 0 Å². The van der Waals surface area contributed by atoms with Gasteiger partial charge in [-0.15, -0.1) is 0 Å². The number of rotatable bonds is 7. The Bertz CT molecular complexity index is 1300. The Morgan fingerprint density at radius 1 is 1.00 bits per heavy atom. The summed E-state index contributed by atoms with van der Waals surface area (Å²) < 4.78 is 5.94. The first-order valence-corrected chi connectivity index (χ1v) is 12.1. The second-order valence-corrected chi connectivity index (χ2v) is 9.55. The maximum Gasteiger partial charge on any atom is 0.320 e. The molecule has 0 aliphatic heterocycles. The van der Waals surface area contributed by atoms with E-state index in [0.29, 0.717) is 30.1 Å². The summed E-state index contributed by atoms with van der Waals surface area (Å²) >= 11 is 0. The number of hydrogen-bond acceptors (Lipinski definition) is 6. The summed E-state index contributed by atoms with van der Waals surface area (Å²) in [5.74, 6) is 1.86. The fourth-order valence-electron chi connectivity index (χ4n) is 4.26. The van der Waals surface area contributed by atoms with Crippen molar-refractivity contribution < 1.29 is 4.74 Å². The van der Waals surface area contributed by atoms with Gasteiger partial charge in [0, 0.05) is 18.9 Å². The fourth-order valence-corrected chi connectivity index (χ4v) is 4.26. The van der Waals surface area contributed by atoms with Crippen LogP contribution < -0.4 is 9.64 Å². The zero-order valence-corrected chi connectivity index (χ0v) is 20.3. The number of pyridine rings is 2. The third-order valence-corrected chi connectivity index (χ3v) is 6.49. The van der Waals surface area contributed by atoms with Gasteiger partial charge in [-0.2, -0.15) is 9.97 Å². The third-order valence-electron chi connectivity index (χ3n) is 6.49. The summed E-state index contributed by atoms with van der Waals surface area (Å²) in [6.45, 7) is 6.80. The van der Waals surface area contributed by atoms with Crippen LogP contribution in [0.15, 0.2) is 54.7 Å². The summed E-state index contributed by atoms with van der Waals surface area (Å²) in [7, 11) is 2.03. The van der Waals surface area contributed by atoms with Gasteiger partial charge in [-0.25, -0.2) is 4.98 Å². The number of anilines is 2. The summed E-state index contributed by atoms with van der Waals surface area (Å²) in [5, 5.41) is 0.875. The number of aromatic nitrogens is 4. The Hall–Kier alpha value is -3.54. The minimum Gasteiger partial charge on any atom is -0.463 e. The molecule has 6 heteroatoms. The number of nitrogens with zero attached hydrogens (tertiary/aromatic N) is 5. The average molecular weight is 454 g/mol. The van der Waals surface area contributed by atoms with E-state index in [-0.39, 0.29) is 0 Å². The van der Waals surface area contributed by atoms with Crippen LogP contribution >= 0.6 is 0 Å². The summed E-state index contributed by atoms with van der Waals surface area (Å²) in [4.78, 5) is 20.9. The van der Waals surface area contributed by atoms with Gasteiger partial charge in [0.05, 0.1) is 23.4 Å². The van der Waals surface area contributed by atoms with Crippen LogP contribution in [0.2, 0.25) is 0 Å². The third kappa shape index (κ3) is 4.45. The predicted octanol–water partition coefficient (Wildman–Crippen LogP) is 6.47. The van der Waals surface area contributed by atoms with E-state index < -0.39 is 0 Å². The van der Waals surface area contributed by atoms with E-state index in [9.17, 15) is 0 Å². The van der Waals surface area contributed by atoms with E-state index >= 15 is 0 Å². The number of aryl methyl sites for hydroxylation is 1. The number of benzene rings is 1. The Kier molecular flexibility index (Phi) is 6.14. The van der Waals surface area contributed by atoms with Crippen molar-refractivity contribution in [1.82, 2.24) is 19.9 Å². The van der Waals surface area contributed by atoms with Gasteiger partial charge in [0.1, 0.15) is 5.82 Å². The Labute approximate surface area is 201 Å². The van der Waals surface area contributed by atoms with Crippen LogP contribution in [0.4, 0.5) is 11.5 Å². The molecule has 0 unspecified atom stereocenters. The molecule has 34 heavy (non-hydrogen) atoms. The van der Waals surface area contributed by atoms with Gasteiger partial charge in [-0.05, 0) is 73.1 Å². The monoisotopic (exact) mass is 453 g/mol. The van der Waals surface area contributed by atoms with Gasteiger partial charge in [0.25, 0.3) is 0 Å². The van der Waals surface area contributed by atoms with Gasteiger partial charge >= 0.3 is 6.01 Å². The predicted molar refractivity (Wildman–Crippen MR) is 137 cm³/mol. The smallest absolute Gasteiger partial charge is 0.320 e. The molecule has 6 nitrogen and oxygen atoms in total. The SMILES string of the molecule is Cc1cccnc1-c1ccc2c(N(C)c3ccc(C4CCC4)cc3)nc(OCC(C)C)nc2n1. The highest BCUT2D eigenvalue weighted by Gasteiger charge is 2.20. The molecule has 0 bridgehead atoms. The van der Waals surface area contributed by atoms with Crippen molar-refractivity contribution in [3.63, 3.8) is 0 Å². The van der Waals surface area contributed by atoms with Crippen LogP contribution in [0.3, 0.4) is 0 Å². The lowest BCUT2D eigenvalue weighted by molar-refractivity contribution is 0.252. The highest BCUT2D eigenvalue weighted by Crippen LogP contribution is 2.38. The van der Waals surface area contributed by atoms with Crippen LogP contribution in [0.5, 0.6) is 6.01 Å². The first-order valence-electron chi connectivity index (χ1n) is 12.1. The van der Waals surface area contributed by atoms with Crippen LogP contribution in [-0.4, -0.2) is 33.6 Å². The molecule has 174 valence electrons. The van der Waals surface area contributed by atoms with E-state index in [0.717, 1.165) is 33.8 Å². The van der Waals surface area contributed by atoms with Crippen molar-refractivity contribution in [2.75, 3.05) is 18.6 Å². The number of hydrogen-bond donors (Lipinski definition) is 0. The largest absolute Gasteiger partial charge is 0.463 e. The molecule has 1 aromatic carbocycles. The zero-order chi connectivity index (χ0) is 23.7. The van der Waals surface area contributed by atoms with Crippen molar-refractivity contribution in [3.8, 4) is 17.4 Å². The van der Waals surface area contributed by atoms with E-state index in [1.165, 1.54) is 24.8 Å². The van der Waals surface area contributed by atoms with Gasteiger partial charge in [-0.3, -0.25) is 4.98 Å². The fraction of sp³-hybridized carbons (Fsp3) is 0.357. The minimum absolute atomic E-state index is 0.344. The van der Waals surface area contributed by atoms with Crippen LogP contribution in [0.25, 0.3) is 22.4 Å². The maximum atomic E-state index is 5.94. The van der Waals surface area contributed by atoms with Crippen molar-refractivity contribution in [2.45, 2.75) is 46.0 Å². The summed E-state index contributed by atoms with van der Waals surface area (Å²) in [6.07, 6.45) is 5.72. The lowest BCUT2D eigenvalue weighted by Crippen LogP contribution is -2.15. The quantitative estimate of drug-likeness (QED) is 0.320. The molecule has 1 aliphatic carbocycles. The Balaban J connectivity index is 1.56. The molecule has 5 rings (SSSR count). The zero-order valence-electron chi connectivity index (χ0n) is 20.3. The molecular formula is C28H31N5O. The molecule has 0 N–H and O–H groups in total. The second-order valence-electron chi connectivity index (χ2n) is 9.55. The van der Waals surface area contributed by atoms with Gasteiger partial charge < -0.3 is 9.64 Å². The normalized spacial score (nSPS) is 13.8. The van der Waals surface area contributed by atoms with Crippen molar-refractivity contribution >= 4 is 22.5 Å². The molecule has 0 radical (unpaired) electrons. The molecule has 1 aliphatic rings. The topological polar surface area (TPSA) is 64.0 Å². The molecule has 3 heterocycles. The first-order chi connectivity index (χ1) is 16.5. The van der Waals surface area contributed by atoms with Crippen molar-refractivity contribution in [3.05, 3.63) is 65.9 Å². The molecule has 4 aromatic rings. The Morgan fingerprint density at radius 2 is 1.79 bits per heavy atom. The highest BCUT2D eigenvalue weighted by atomic mass is 16.5. The van der Waals surface area contributed by atoms with Crippen molar-refractivity contribution in [1.29, 1.82) is 0 Å². The molecule has 0 saturated heterocycles. The maximum absolute atomic E-state index is 5.94. The van der Waals surface area contributed by atoms with Crippen LogP contribution in [0.1, 0.15) is 50.2 Å². The number of fused-ring (bicyclic) bond motifs is 1. The van der Waals surface area contributed by atoms with E-state index in [2.05, 4.69) is 53.0 Å². The lowest BCUT2D eigenvalue weighted by Gasteiger charge is -2.27. The Morgan fingerprint density at radius 3 is 2.47 bits per heavy atom. The van der Waals surface area contributed by atoms with Gasteiger partial charge in [0.2, 0.25) is 0 Å². The minimum atomic E-state index is 0.344. The molecule has 0 spiro atoms. The lowest BCUT2D eigenvalue weighted by atomic mass is 9.80. The average Bonchev–Trinajstić information content (AvgIpc) is 2.81. The molecule has 3 aromatic heterocycles. The first kappa shape index (κ1) is 22.3. The molecular weight excluding hydrogens is 422 g/mol. The van der Waals surface area contributed by atoms with Gasteiger partial charge in [0.15, 0.2) is 5.65 Å². The molecule has 1 saturated carbocycles. The molecule has 0 amide bonds. The standard InChI is InChI=1S/C28H31N5O/c1-18(2)17-34-28-31-26-23(14-15-24(30-26)25-19(3)7-6-16-29-25)27(32-28)33(4)22-12-10-21(11-13-22)20-8-5-9-20/h6-7,10-16,18,20H,5,8-9,17H2,1-4H3.